The van der Waals surface area contributed by atoms with Crippen LogP contribution < -0.4 is 25.8 Å². The highest BCUT2D eigenvalue weighted by Crippen LogP contribution is 2.37. The van der Waals surface area contributed by atoms with Gasteiger partial charge in [-0.3, -0.25) is 10.2 Å². The number of benzene rings is 4. The minimum absolute atomic E-state index is 0.166. The second-order valence-corrected chi connectivity index (χ2v) is 8.95. The van der Waals surface area contributed by atoms with Gasteiger partial charge in [0.2, 0.25) is 5.91 Å². The third kappa shape index (κ3) is 6.67. The molecule has 4 aromatic carbocycles. The number of phenolic OH excluding ortho intramolecular Hbond substituents is 1. The van der Waals surface area contributed by atoms with Gasteiger partial charge in [-0.25, -0.2) is 0 Å². The fourth-order valence-corrected chi connectivity index (χ4v) is 4.35. The number of nitrogens with zero attached hydrogens (tertiary/aromatic N) is 1. The van der Waals surface area contributed by atoms with Crippen molar-refractivity contribution in [2.24, 2.45) is 11.5 Å². The van der Waals surface area contributed by atoms with E-state index in [9.17, 15) is 9.90 Å². The van der Waals surface area contributed by atoms with E-state index in [1.54, 1.807) is 35.2 Å². The fraction of sp³-hybridized carbons (Fsp3) is 0.161. The minimum Gasteiger partial charge on any atom is -0.507 e. The predicted octanol–water partition coefficient (Wildman–Crippen LogP) is 4.89. The number of hydrogen-bond donors (Lipinski definition) is 4. The molecule has 1 amide bonds. The Morgan fingerprint density at radius 2 is 1.54 bits per heavy atom. The Bertz CT molecular complexity index is 1430. The monoisotopic (exact) mass is 524 g/mol. The summed E-state index contributed by atoms with van der Waals surface area (Å²) in [5, 5.41) is 18.3. The molecule has 6 N–H and O–H groups in total. The largest absolute Gasteiger partial charge is 0.507 e. The van der Waals surface area contributed by atoms with Crippen LogP contribution in [0.2, 0.25) is 0 Å². The molecule has 0 bridgehead atoms. The molecular formula is C31H32N4O4. The Morgan fingerprint density at radius 1 is 0.872 bits per heavy atom. The van der Waals surface area contributed by atoms with Gasteiger partial charge in [0.15, 0.2) is 11.5 Å². The molecule has 0 aromatic heterocycles. The second-order valence-electron chi connectivity index (χ2n) is 8.95. The molecule has 0 saturated heterocycles. The van der Waals surface area contributed by atoms with Gasteiger partial charge in [0.25, 0.3) is 0 Å². The number of hydrogen-bond acceptors (Lipinski definition) is 6. The number of carbonyl (C=O) groups is 1. The number of nitrogens with two attached hydrogens (primary N) is 2. The molecule has 200 valence electrons. The van der Waals surface area contributed by atoms with Crippen LogP contribution in [0.3, 0.4) is 0 Å². The summed E-state index contributed by atoms with van der Waals surface area (Å²) < 4.78 is 11.9. The zero-order chi connectivity index (χ0) is 27.8. The second kappa shape index (κ2) is 12.5. The van der Waals surface area contributed by atoms with E-state index in [2.05, 4.69) is 0 Å². The van der Waals surface area contributed by atoms with Crippen LogP contribution in [0.5, 0.6) is 17.2 Å². The van der Waals surface area contributed by atoms with Crippen LogP contribution in [0.25, 0.3) is 0 Å². The smallest absolute Gasteiger partial charge is 0.244 e. The average Bonchev–Trinajstić information content (AvgIpc) is 2.93. The Labute approximate surface area is 227 Å². The van der Waals surface area contributed by atoms with Crippen LogP contribution in [0, 0.1) is 5.41 Å². The lowest BCUT2D eigenvalue weighted by atomic mass is 10.0. The van der Waals surface area contributed by atoms with Gasteiger partial charge in [-0.05, 0) is 47.9 Å². The molecule has 8 heteroatoms. The quantitative estimate of drug-likeness (QED) is 0.154. The summed E-state index contributed by atoms with van der Waals surface area (Å²) >= 11 is 0. The summed E-state index contributed by atoms with van der Waals surface area (Å²) in [6.45, 7) is 2.96. The first kappa shape index (κ1) is 27.1. The third-order valence-corrected chi connectivity index (χ3v) is 6.20. The highest BCUT2D eigenvalue weighted by atomic mass is 16.5. The van der Waals surface area contributed by atoms with Crippen LogP contribution in [-0.2, 0) is 17.9 Å². The van der Waals surface area contributed by atoms with Crippen molar-refractivity contribution in [1.29, 1.82) is 5.41 Å². The molecule has 0 radical (unpaired) electrons. The lowest BCUT2D eigenvalue weighted by Gasteiger charge is -2.33. The minimum atomic E-state index is -0.907. The zero-order valence-electron chi connectivity index (χ0n) is 21.7. The predicted molar refractivity (Wildman–Crippen MR) is 152 cm³/mol. The highest BCUT2D eigenvalue weighted by Gasteiger charge is 2.28. The molecule has 0 heterocycles. The van der Waals surface area contributed by atoms with E-state index in [1.807, 2.05) is 67.6 Å². The number of primary amides is 1. The van der Waals surface area contributed by atoms with Gasteiger partial charge in [0, 0.05) is 18.3 Å². The van der Waals surface area contributed by atoms with E-state index < -0.39 is 11.9 Å². The van der Waals surface area contributed by atoms with Crippen molar-refractivity contribution in [2.45, 2.75) is 26.1 Å². The van der Waals surface area contributed by atoms with Crippen LogP contribution >= 0.6 is 0 Å². The Balaban J connectivity index is 1.74. The van der Waals surface area contributed by atoms with Gasteiger partial charge in [0.05, 0.1) is 12.2 Å². The Hall–Kier alpha value is -4.98. The molecule has 0 aliphatic carbocycles. The number of ether oxygens (including phenoxy) is 2. The summed E-state index contributed by atoms with van der Waals surface area (Å²) in [4.78, 5) is 14.8. The molecule has 39 heavy (non-hydrogen) atoms. The van der Waals surface area contributed by atoms with Crippen molar-refractivity contribution in [3.8, 4) is 17.2 Å². The maximum Gasteiger partial charge on any atom is 0.244 e. The number of phenols is 1. The SMILES string of the molecule is CCOc1cc(C(C(N)=O)N(Cc2ccccc2)c2ccc(C(=N)N)c(O)c2)ccc1OCc1ccccc1. The van der Waals surface area contributed by atoms with Crippen LogP contribution in [0.4, 0.5) is 5.69 Å². The van der Waals surface area contributed by atoms with Crippen molar-refractivity contribution < 1.29 is 19.4 Å². The molecule has 0 spiro atoms. The molecule has 8 nitrogen and oxygen atoms in total. The molecule has 1 unspecified atom stereocenters. The summed E-state index contributed by atoms with van der Waals surface area (Å²) in [6.07, 6.45) is 0. The summed E-state index contributed by atoms with van der Waals surface area (Å²) in [5.74, 6) is 0.0346. The van der Waals surface area contributed by atoms with Gasteiger partial charge in [0.1, 0.15) is 24.2 Å². The molecule has 1 atom stereocenters. The van der Waals surface area contributed by atoms with Crippen LogP contribution in [0.1, 0.15) is 35.2 Å². The number of aromatic hydroxyl groups is 1. The maximum absolute atomic E-state index is 13.0. The van der Waals surface area contributed by atoms with Crippen LogP contribution in [0.15, 0.2) is 97.1 Å². The summed E-state index contributed by atoms with van der Waals surface area (Å²) in [6, 6.07) is 28.6. The number of amidine groups is 1. The van der Waals surface area contributed by atoms with Gasteiger partial charge < -0.3 is 30.9 Å². The van der Waals surface area contributed by atoms with Gasteiger partial charge >= 0.3 is 0 Å². The topological polar surface area (TPSA) is 135 Å². The first-order valence-electron chi connectivity index (χ1n) is 12.6. The number of amides is 1. The number of anilines is 1. The van der Waals surface area contributed by atoms with Crippen molar-refractivity contribution in [3.05, 3.63) is 119 Å². The molecule has 4 aromatic rings. The van der Waals surface area contributed by atoms with Gasteiger partial charge in [-0.2, -0.15) is 0 Å². The lowest BCUT2D eigenvalue weighted by Crippen LogP contribution is -2.37. The van der Waals surface area contributed by atoms with Crippen LogP contribution in [-0.4, -0.2) is 23.5 Å². The number of nitrogens with one attached hydrogen (secondary N) is 1. The first-order valence-corrected chi connectivity index (χ1v) is 12.6. The van der Waals surface area contributed by atoms with E-state index in [4.69, 9.17) is 26.4 Å². The van der Waals surface area contributed by atoms with E-state index in [-0.39, 0.29) is 17.1 Å². The standard InChI is InChI=1S/C31H32N4O4/c1-2-38-28-17-23(13-16-27(28)39-20-22-11-7-4-8-12-22)29(31(34)37)35(19-21-9-5-3-6-10-21)24-14-15-25(30(32)33)26(36)18-24/h3-18,29,36H,2,19-20H2,1H3,(H3,32,33)(H2,34,37). The zero-order valence-corrected chi connectivity index (χ0v) is 21.7. The van der Waals surface area contributed by atoms with Crippen molar-refractivity contribution >= 4 is 17.4 Å². The average molecular weight is 525 g/mol. The highest BCUT2D eigenvalue weighted by molar-refractivity contribution is 5.98. The van der Waals surface area contributed by atoms with E-state index >= 15 is 0 Å². The summed E-state index contributed by atoms with van der Waals surface area (Å²) in [5.41, 5.74) is 14.9. The Morgan fingerprint density at radius 3 is 2.13 bits per heavy atom. The number of rotatable bonds is 12. The van der Waals surface area contributed by atoms with E-state index in [1.165, 1.54) is 6.07 Å². The molecule has 4 rings (SSSR count). The number of nitrogen functional groups attached to an aromatic ring is 1. The lowest BCUT2D eigenvalue weighted by molar-refractivity contribution is -0.119. The molecule has 0 aliphatic heterocycles. The maximum atomic E-state index is 13.0. The van der Waals surface area contributed by atoms with Gasteiger partial charge in [-0.15, -0.1) is 0 Å². The Kier molecular flexibility index (Phi) is 8.68. The first-order chi connectivity index (χ1) is 18.9. The normalized spacial score (nSPS) is 11.4. The summed E-state index contributed by atoms with van der Waals surface area (Å²) in [7, 11) is 0. The van der Waals surface area contributed by atoms with Crippen molar-refractivity contribution in [3.63, 3.8) is 0 Å². The van der Waals surface area contributed by atoms with E-state index in [0.717, 1.165) is 11.1 Å². The molecule has 0 aliphatic rings. The molecular weight excluding hydrogens is 492 g/mol. The van der Waals surface area contributed by atoms with Crippen molar-refractivity contribution in [2.75, 3.05) is 11.5 Å². The molecule has 0 saturated carbocycles. The fourth-order valence-electron chi connectivity index (χ4n) is 4.35. The number of carbonyl (C=O) groups excluding carboxylic acids is 1. The third-order valence-electron chi connectivity index (χ3n) is 6.20. The van der Waals surface area contributed by atoms with E-state index in [0.29, 0.717) is 42.5 Å². The van der Waals surface area contributed by atoms with Gasteiger partial charge in [-0.1, -0.05) is 66.7 Å². The molecule has 0 fully saturated rings. The van der Waals surface area contributed by atoms with Crippen molar-refractivity contribution in [1.82, 2.24) is 0 Å².